The molecule has 0 saturated heterocycles. The van der Waals surface area contributed by atoms with Gasteiger partial charge in [0.15, 0.2) is 0 Å². The van der Waals surface area contributed by atoms with Gasteiger partial charge in [-0.3, -0.25) is 0 Å². The number of hydrogen-bond acceptors (Lipinski definition) is 3. The van der Waals surface area contributed by atoms with Gasteiger partial charge in [-0.2, -0.15) is 18.4 Å². The molecule has 25 heavy (non-hydrogen) atoms. The van der Waals surface area contributed by atoms with Gasteiger partial charge in [0.05, 0.1) is 22.7 Å². The number of nitriles is 1. The second-order valence-electron chi connectivity index (χ2n) is 6.65. The lowest BCUT2D eigenvalue weighted by atomic mass is 10.00. The van der Waals surface area contributed by atoms with Gasteiger partial charge in [-0.25, -0.2) is 0 Å². The first-order chi connectivity index (χ1) is 11.5. The van der Waals surface area contributed by atoms with Gasteiger partial charge in [-0.05, 0) is 38.0 Å². The zero-order chi connectivity index (χ0) is 19.3. The fourth-order valence-corrected chi connectivity index (χ4v) is 3.01. The monoisotopic (exact) mass is 371 g/mol. The third-order valence-corrected chi connectivity index (χ3v) is 4.95. The Hall–Kier alpha value is -1.81. The average Bonchev–Trinajstić information content (AvgIpc) is 3.01. The van der Waals surface area contributed by atoms with E-state index in [1.54, 1.807) is 24.5 Å². The molecule has 0 aromatic heterocycles. The maximum atomic E-state index is 12.5. The van der Waals surface area contributed by atoms with Crippen molar-refractivity contribution in [3.05, 3.63) is 29.3 Å². The second kappa shape index (κ2) is 8.52. The molecule has 0 unspecified atom stereocenters. The summed E-state index contributed by atoms with van der Waals surface area (Å²) in [6.45, 7) is 2.29. The Balaban J connectivity index is 0.000000271. The summed E-state index contributed by atoms with van der Waals surface area (Å²) < 4.78 is 37.5. The van der Waals surface area contributed by atoms with Crippen LogP contribution in [0.2, 0.25) is 0 Å². The van der Waals surface area contributed by atoms with E-state index in [-0.39, 0.29) is 5.56 Å². The number of benzene rings is 1. The molecule has 0 spiro atoms. The maximum absolute atomic E-state index is 12.5. The molecule has 0 N–H and O–H groups in total. The van der Waals surface area contributed by atoms with Gasteiger partial charge < -0.3 is 9.80 Å². The highest BCUT2D eigenvalue weighted by atomic mass is 32.1. The molecule has 2 rings (SSSR count). The van der Waals surface area contributed by atoms with Crippen molar-refractivity contribution in [2.24, 2.45) is 0 Å². The van der Waals surface area contributed by atoms with E-state index in [1.165, 1.54) is 43.9 Å². The van der Waals surface area contributed by atoms with E-state index >= 15 is 0 Å². The van der Waals surface area contributed by atoms with E-state index in [1.807, 2.05) is 0 Å². The summed E-state index contributed by atoms with van der Waals surface area (Å²) in [7, 11) is 5.36. The van der Waals surface area contributed by atoms with Crippen molar-refractivity contribution in [1.29, 1.82) is 5.26 Å². The summed E-state index contributed by atoms with van der Waals surface area (Å²) in [6, 6.07) is 5.16. The molecule has 1 aliphatic rings. The highest BCUT2D eigenvalue weighted by Crippen LogP contribution is 2.34. The van der Waals surface area contributed by atoms with E-state index in [0.717, 1.165) is 6.07 Å². The summed E-state index contributed by atoms with van der Waals surface area (Å²) in [5.74, 6) is 0. The minimum absolute atomic E-state index is 0.354. The van der Waals surface area contributed by atoms with Crippen molar-refractivity contribution in [1.82, 2.24) is 4.90 Å². The molecule has 1 aromatic carbocycles. The minimum Gasteiger partial charge on any atom is -0.378 e. The van der Waals surface area contributed by atoms with Crippen molar-refractivity contribution in [3.63, 3.8) is 0 Å². The summed E-state index contributed by atoms with van der Waals surface area (Å²) >= 11 is 4.88. The third-order valence-electron chi connectivity index (χ3n) is 4.64. The van der Waals surface area contributed by atoms with Crippen LogP contribution >= 0.6 is 12.2 Å². The quantitative estimate of drug-likeness (QED) is 0.711. The van der Waals surface area contributed by atoms with Crippen molar-refractivity contribution in [3.8, 4) is 6.07 Å². The minimum atomic E-state index is -4.49. The van der Waals surface area contributed by atoms with Crippen LogP contribution in [0.15, 0.2) is 18.2 Å². The lowest BCUT2D eigenvalue weighted by molar-refractivity contribution is -0.137. The standard InChI is InChI=1S/C10H9F3N2.C8H15NS/c1-15(2)8-4-3-7(6-14)9(5-8)10(11,12)13;1-8(9(2)7-10)5-3-4-6-8/h3-5H,1-2H3;7H,3-6H2,1-2H3. The molecule has 0 aliphatic heterocycles. The highest BCUT2D eigenvalue weighted by Gasteiger charge is 2.34. The summed E-state index contributed by atoms with van der Waals surface area (Å²) in [6.07, 6.45) is 0.846. The van der Waals surface area contributed by atoms with E-state index in [0.29, 0.717) is 11.2 Å². The zero-order valence-corrected chi connectivity index (χ0v) is 15.8. The van der Waals surface area contributed by atoms with Gasteiger partial charge in [0.1, 0.15) is 0 Å². The Kier molecular flexibility index (Phi) is 7.24. The van der Waals surface area contributed by atoms with Gasteiger partial charge in [0.2, 0.25) is 0 Å². The summed E-state index contributed by atoms with van der Waals surface area (Å²) in [4.78, 5) is 3.73. The molecule has 7 heteroatoms. The predicted octanol–water partition coefficient (Wildman–Crippen LogP) is 4.85. The molecule has 0 radical (unpaired) electrons. The van der Waals surface area contributed by atoms with Crippen molar-refractivity contribution < 1.29 is 13.2 Å². The molecular weight excluding hydrogens is 347 g/mol. The number of anilines is 1. The third kappa shape index (κ3) is 5.60. The van der Waals surface area contributed by atoms with E-state index in [2.05, 4.69) is 18.9 Å². The molecule has 0 atom stereocenters. The van der Waals surface area contributed by atoms with Gasteiger partial charge in [-0.15, -0.1) is 0 Å². The Bertz CT molecular complexity index is 629. The first kappa shape index (κ1) is 21.2. The molecule has 0 bridgehead atoms. The van der Waals surface area contributed by atoms with Gasteiger partial charge in [-0.1, -0.05) is 25.1 Å². The number of halogens is 3. The Morgan fingerprint density at radius 2 is 1.76 bits per heavy atom. The Labute approximate surface area is 153 Å². The molecule has 1 aliphatic carbocycles. The van der Waals surface area contributed by atoms with Crippen LogP contribution in [0.25, 0.3) is 0 Å². The molecule has 1 fully saturated rings. The topological polar surface area (TPSA) is 30.3 Å². The molecule has 138 valence electrons. The normalized spacial score (nSPS) is 15.6. The Morgan fingerprint density at radius 1 is 1.20 bits per heavy atom. The number of hydrogen-bond donors (Lipinski definition) is 0. The zero-order valence-electron chi connectivity index (χ0n) is 15.0. The second-order valence-corrected chi connectivity index (χ2v) is 6.87. The first-order valence-corrected chi connectivity index (χ1v) is 8.49. The smallest absolute Gasteiger partial charge is 0.378 e. The molecule has 3 nitrogen and oxygen atoms in total. The van der Waals surface area contributed by atoms with Crippen LogP contribution in [-0.4, -0.2) is 37.1 Å². The molecular formula is C18H24F3N3S. The number of rotatable bonds is 3. The highest BCUT2D eigenvalue weighted by molar-refractivity contribution is 7.78. The fourth-order valence-electron chi connectivity index (χ4n) is 2.76. The molecule has 1 saturated carbocycles. The van der Waals surface area contributed by atoms with Crippen LogP contribution in [0, 0.1) is 11.3 Å². The van der Waals surface area contributed by atoms with Crippen LogP contribution in [0.1, 0.15) is 43.7 Å². The largest absolute Gasteiger partial charge is 0.417 e. The van der Waals surface area contributed by atoms with Crippen LogP contribution in [0.5, 0.6) is 0 Å². The molecule has 0 amide bonds. The van der Waals surface area contributed by atoms with E-state index in [4.69, 9.17) is 17.5 Å². The SMILES string of the molecule is CN(C)c1ccc(C#N)c(C(F)(F)F)c1.CN(C=S)C1(C)CCCC1. The predicted molar refractivity (Wildman–Crippen MR) is 98.8 cm³/mol. The van der Waals surface area contributed by atoms with Crippen molar-refractivity contribution in [2.45, 2.75) is 44.3 Å². The van der Waals surface area contributed by atoms with Gasteiger partial charge >= 0.3 is 6.18 Å². The van der Waals surface area contributed by atoms with Crippen LogP contribution in [0.3, 0.4) is 0 Å². The number of alkyl halides is 3. The van der Waals surface area contributed by atoms with Crippen LogP contribution < -0.4 is 4.90 Å². The average molecular weight is 371 g/mol. The molecule has 1 aromatic rings. The van der Waals surface area contributed by atoms with E-state index < -0.39 is 11.7 Å². The lowest BCUT2D eigenvalue weighted by Crippen LogP contribution is -2.39. The van der Waals surface area contributed by atoms with Crippen LogP contribution in [-0.2, 0) is 6.18 Å². The molecule has 0 heterocycles. The maximum Gasteiger partial charge on any atom is 0.417 e. The van der Waals surface area contributed by atoms with Crippen molar-refractivity contribution >= 4 is 23.4 Å². The Morgan fingerprint density at radius 3 is 2.16 bits per heavy atom. The van der Waals surface area contributed by atoms with Crippen molar-refractivity contribution in [2.75, 3.05) is 26.0 Å². The van der Waals surface area contributed by atoms with Crippen LogP contribution in [0.4, 0.5) is 18.9 Å². The first-order valence-electron chi connectivity index (χ1n) is 8.02. The summed E-state index contributed by atoms with van der Waals surface area (Å²) in [5, 5.41) is 8.55. The lowest BCUT2D eigenvalue weighted by Gasteiger charge is -2.33. The van der Waals surface area contributed by atoms with Gasteiger partial charge in [0.25, 0.3) is 0 Å². The number of thiocarbonyl (C=S) groups is 1. The fraction of sp³-hybridized carbons (Fsp3) is 0.556. The van der Waals surface area contributed by atoms with Gasteiger partial charge in [0, 0.05) is 32.4 Å². The van der Waals surface area contributed by atoms with E-state index in [9.17, 15) is 13.2 Å². The number of nitrogens with zero attached hydrogens (tertiary/aromatic N) is 3. The summed E-state index contributed by atoms with van der Waals surface area (Å²) in [5.41, 5.74) is 1.32.